The molecule has 0 unspecified atom stereocenters. The zero-order valence-electron chi connectivity index (χ0n) is 8.01. The Morgan fingerprint density at radius 1 is 1.40 bits per heavy atom. The highest BCUT2D eigenvalue weighted by Gasteiger charge is 2.26. The lowest BCUT2D eigenvalue weighted by molar-refractivity contribution is 0.988. The van der Waals surface area contributed by atoms with E-state index in [2.05, 4.69) is 25.9 Å². The maximum absolute atomic E-state index is 4.58. The van der Waals surface area contributed by atoms with E-state index in [1.165, 1.54) is 29.2 Å². The highest BCUT2D eigenvalue weighted by molar-refractivity contribution is 7.13. The molecule has 0 aromatic carbocycles. The smallest absolute Gasteiger partial charge is 0.205 e. The molecular formula is C9H10N4S2. The minimum atomic E-state index is 0.748. The zero-order valence-corrected chi connectivity index (χ0v) is 9.64. The van der Waals surface area contributed by atoms with E-state index in [4.69, 9.17) is 0 Å². The third-order valence-electron chi connectivity index (χ3n) is 2.28. The second kappa shape index (κ2) is 3.86. The van der Waals surface area contributed by atoms with E-state index in [0.29, 0.717) is 0 Å². The Morgan fingerprint density at radius 3 is 3.07 bits per heavy atom. The van der Waals surface area contributed by atoms with Gasteiger partial charge in [-0.05, 0) is 12.8 Å². The van der Waals surface area contributed by atoms with Gasteiger partial charge >= 0.3 is 0 Å². The predicted octanol–water partition coefficient (Wildman–Crippen LogP) is 2.48. The molecule has 0 bridgehead atoms. The van der Waals surface area contributed by atoms with E-state index in [9.17, 15) is 0 Å². The molecule has 1 aliphatic carbocycles. The van der Waals surface area contributed by atoms with E-state index >= 15 is 0 Å². The molecule has 1 fully saturated rings. The van der Waals surface area contributed by atoms with Gasteiger partial charge in [-0.3, -0.25) is 0 Å². The molecule has 2 aromatic heterocycles. The Labute approximate surface area is 95.4 Å². The average molecular weight is 238 g/mol. The van der Waals surface area contributed by atoms with Crippen LogP contribution >= 0.6 is 22.7 Å². The molecule has 1 aliphatic rings. The van der Waals surface area contributed by atoms with Gasteiger partial charge in [-0.1, -0.05) is 11.3 Å². The lowest BCUT2D eigenvalue weighted by Gasteiger charge is -1.96. The fourth-order valence-electron chi connectivity index (χ4n) is 1.34. The monoisotopic (exact) mass is 238 g/mol. The molecule has 4 nitrogen and oxygen atoms in total. The lowest BCUT2D eigenvalue weighted by atomic mass is 10.4. The number of thiazole rings is 1. The van der Waals surface area contributed by atoms with E-state index in [0.717, 1.165) is 23.3 Å². The van der Waals surface area contributed by atoms with Gasteiger partial charge in [0, 0.05) is 11.3 Å². The summed E-state index contributed by atoms with van der Waals surface area (Å²) in [7, 11) is 0. The zero-order chi connectivity index (χ0) is 10.1. The molecule has 1 N–H and O–H groups in total. The van der Waals surface area contributed by atoms with Gasteiger partial charge in [0.05, 0.1) is 17.2 Å². The third-order valence-corrected chi connectivity index (χ3v) is 3.98. The van der Waals surface area contributed by atoms with Gasteiger partial charge in [0.15, 0.2) is 0 Å². The van der Waals surface area contributed by atoms with Gasteiger partial charge < -0.3 is 5.32 Å². The summed E-state index contributed by atoms with van der Waals surface area (Å²) in [4.78, 5) is 4.58. The van der Waals surface area contributed by atoms with Gasteiger partial charge in [-0.2, -0.15) is 0 Å². The van der Waals surface area contributed by atoms with Crippen molar-refractivity contribution in [3.05, 3.63) is 21.6 Å². The molecule has 0 atom stereocenters. The van der Waals surface area contributed by atoms with Gasteiger partial charge in [0.1, 0.15) is 5.51 Å². The molecule has 0 aliphatic heterocycles. The summed E-state index contributed by atoms with van der Waals surface area (Å²) in [5, 5.41) is 15.2. The molecular weight excluding hydrogens is 228 g/mol. The standard InChI is InChI=1S/C9H10N4S2/c1-2-6(1)8-12-7(4-14-8)3-10-9-13-11-5-15-9/h4-6H,1-3H2,(H,10,13). The number of hydrogen-bond donors (Lipinski definition) is 1. The van der Waals surface area contributed by atoms with Crippen LogP contribution in [0, 0.1) is 0 Å². The van der Waals surface area contributed by atoms with Gasteiger partial charge in [-0.15, -0.1) is 21.5 Å². The number of hydrogen-bond acceptors (Lipinski definition) is 6. The predicted molar refractivity (Wildman–Crippen MR) is 61.3 cm³/mol. The van der Waals surface area contributed by atoms with Gasteiger partial charge in [0.2, 0.25) is 5.13 Å². The van der Waals surface area contributed by atoms with Crippen molar-refractivity contribution in [2.45, 2.75) is 25.3 Å². The molecule has 3 rings (SSSR count). The second-order valence-electron chi connectivity index (χ2n) is 3.55. The molecule has 0 spiro atoms. The molecule has 0 radical (unpaired) electrons. The van der Waals surface area contributed by atoms with Gasteiger partial charge in [0.25, 0.3) is 0 Å². The summed E-state index contributed by atoms with van der Waals surface area (Å²) in [5.74, 6) is 0.755. The molecule has 15 heavy (non-hydrogen) atoms. The fraction of sp³-hybridized carbons (Fsp3) is 0.444. The van der Waals surface area contributed by atoms with Crippen molar-refractivity contribution in [1.29, 1.82) is 0 Å². The van der Waals surface area contributed by atoms with Crippen molar-refractivity contribution >= 4 is 27.8 Å². The van der Waals surface area contributed by atoms with Crippen molar-refractivity contribution in [2.75, 3.05) is 5.32 Å². The summed E-state index contributed by atoms with van der Waals surface area (Å²) in [6.07, 6.45) is 2.63. The van der Waals surface area contributed by atoms with E-state index in [1.54, 1.807) is 16.8 Å². The summed E-state index contributed by atoms with van der Waals surface area (Å²) >= 11 is 3.28. The Kier molecular flexibility index (Phi) is 2.38. The summed E-state index contributed by atoms with van der Waals surface area (Å²) in [6.45, 7) is 0.748. The Hall–Kier alpha value is -1.01. The van der Waals surface area contributed by atoms with Crippen LogP contribution in [-0.2, 0) is 6.54 Å². The minimum absolute atomic E-state index is 0.748. The van der Waals surface area contributed by atoms with Crippen LogP contribution in [0.4, 0.5) is 5.13 Å². The molecule has 1 saturated carbocycles. The number of aromatic nitrogens is 3. The average Bonchev–Trinajstić information content (AvgIpc) is 2.82. The SMILES string of the molecule is c1nnc(NCc2csc(C3CC3)n2)s1. The van der Waals surface area contributed by atoms with Crippen molar-refractivity contribution in [3.8, 4) is 0 Å². The molecule has 0 amide bonds. The third kappa shape index (κ3) is 2.15. The summed E-state index contributed by atoms with van der Waals surface area (Å²) in [5.41, 5.74) is 2.83. The highest BCUT2D eigenvalue weighted by Crippen LogP contribution is 2.41. The topological polar surface area (TPSA) is 50.7 Å². The maximum Gasteiger partial charge on any atom is 0.205 e. The quantitative estimate of drug-likeness (QED) is 0.889. The first-order chi connectivity index (χ1) is 7.42. The van der Waals surface area contributed by atoms with Crippen LogP contribution in [0.2, 0.25) is 0 Å². The van der Waals surface area contributed by atoms with Gasteiger partial charge in [-0.25, -0.2) is 4.98 Å². The van der Waals surface area contributed by atoms with Crippen LogP contribution in [0.3, 0.4) is 0 Å². The Bertz CT molecular complexity index is 433. The van der Waals surface area contributed by atoms with Crippen molar-refractivity contribution in [3.63, 3.8) is 0 Å². The van der Waals surface area contributed by atoms with Crippen LogP contribution in [0.1, 0.15) is 29.5 Å². The first kappa shape index (κ1) is 9.23. The van der Waals surface area contributed by atoms with Crippen molar-refractivity contribution < 1.29 is 0 Å². The van der Waals surface area contributed by atoms with E-state index in [-0.39, 0.29) is 0 Å². The maximum atomic E-state index is 4.58. The first-order valence-corrected chi connectivity index (χ1v) is 6.62. The van der Waals surface area contributed by atoms with Crippen LogP contribution < -0.4 is 5.32 Å². The lowest BCUT2D eigenvalue weighted by Crippen LogP contribution is -1.99. The normalized spacial score (nSPS) is 15.5. The van der Waals surface area contributed by atoms with Crippen LogP contribution in [0.25, 0.3) is 0 Å². The number of anilines is 1. The van der Waals surface area contributed by atoms with Crippen LogP contribution in [0.5, 0.6) is 0 Å². The Morgan fingerprint density at radius 2 is 2.33 bits per heavy atom. The largest absolute Gasteiger partial charge is 0.354 e. The molecule has 0 saturated heterocycles. The minimum Gasteiger partial charge on any atom is -0.354 e. The van der Waals surface area contributed by atoms with Crippen molar-refractivity contribution in [1.82, 2.24) is 15.2 Å². The fourth-order valence-corrected chi connectivity index (χ4v) is 2.77. The van der Waals surface area contributed by atoms with Crippen LogP contribution in [0.15, 0.2) is 10.9 Å². The van der Waals surface area contributed by atoms with E-state index in [1.807, 2.05) is 0 Å². The Balaban J connectivity index is 1.61. The molecule has 2 aromatic rings. The summed E-state index contributed by atoms with van der Waals surface area (Å²) in [6, 6.07) is 0. The summed E-state index contributed by atoms with van der Waals surface area (Å²) < 4.78 is 0. The number of nitrogens with zero attached hydrogens (tertiary/aromatic N) is 3. The number of rotatable bonds is 4. The molecule has 2 heterocycles. The van der Waals surface area contributed by atoms with Crippen LogP contribution in [-0.4, -0.2) is 15.2 Å². The second-order valence-corrected chi connectivity index (χ2v) is 5.27. The number of nitrogens with one attached hydrogen (secondary N) is 1. The van der Waals surface area contributed by atoms with Crippen molar-refractivity contribution in [2.24, 2.45) is 0 Å². The highest BCUT2D eigenvalue weighted by atomic mass is 32.1. The first-order valence-electron chi connectivity index (χ1n) is 4.86. The molecule has 78 valence electrons. The molecule has 6 heteroatoms. The van der Waals surface area contributed by atoms with E-state index < -0.39 is 0 Å².